The number of hydrogen-bond donors (Lipinski definition) is 2. The Morgan fingerprint density at radius 1 is 1.18 bits per heavy atom. The molecule has 0 bridgehead atoms. The van der Waals surface area contributed by atoms with Gasteiger partial charge in [0.1, 0.15) is 5.54 Å². The van der Waals surface area contributed by atoms with Crippen LogP contribution in [0.1, 0.15) is 13.8 Å². The topological polar surface area (TPSA) is 67.4 Å². The highest BCUT2D eigenvalue weighted by Gasteiger charge is 2.30. The van der Waals surface area contributed by atoms with Crippen molar-refractivity contribution in [3.05, 3.63) is 30.3 Å². The molecule has 2 N–H and O–H groups in total. The van der Waals surface area contributed by atoms with Crippen LogP contribution >= 0.6 is 0 Å². The molecule has 0 aliphatic heterocycles. The zero-order chi connectivity index (χ0) is 12.9. The van der Waals surface area contributed by atoms with E-state index in [1.54, 1.807) is 38.1 Å². The highest BCUT2D eigenvalue weighted by molar-refractivity contribution is 5.93. The zero-order valence-electron chi connectivity index (χ0n) is 10.1. The molecule has 0 heterocycles. The number of anilines is 1. The first-order valence-electron chi connectivity index (χ1n) is 5.18. The number of amides is 2. The van der Waals surface area contributed by atoms with Crippen molar-refractivity contribution in [3.8, 4) is 0 Å². The minimum Gasteiger partial charge on any atom is -0.467 e. The fourth-order valence-electron chi connectivity index (χ4n) is 1.27. The number of carbonyl (C=O) groups is 2. The Morgan fingerprint density at radius 3 is 2.29 bits per heavy atom. The Labute approximate surface area is 100 Å². The van der Waals surface area contributed by atoms with Crippen molar-refractivity contribution in [1.82, 2.24) is 5.32 Å². The molecule has 0 aliphatic rings. The third-order valence-corrected chi connectivity index (χ3v) is 2.15. The first-order valence-corrected chi connectivity index (χ1v) is 5.18. The lowest BCUT2D eigenvalue weighted by molar-refractivity contribution is -0.146. The molecule has 0 fully saturated rings. The van der Waals surface area contributed by atoms with E-state index in [0.717, 1.165) is 0 Å². The standard InChI is InChI=1S/C12H16N2O3/c1-12(2,10(15)17-3)14-11(16)13-9-7-5-4-6-8-9/h4-8H,1-3H3,(H2,13,14,16). The Morgan fingerprint density at radius 2 is 1.76 bits per heavy atom. The first kappa shape index (κ1) is 13.0. The third kappa shape index (κ3) is 3.79. The summed E-state index contributed by atoms with van der Waals surface area (Å²) in [5.74, 6) is -0.499. The number of hydrogen-bond acceptors (Lipinski definition) is 3. The van der Waals surface area contributed by atoms with Crippen LogP contribution in [0, 0.1) is 0 Å². The molecular formula is C12H16N2O3. The molecule has 5 heteroatoms. The van der Waals surface area contributed by atoms with Gasteiger partial charge in [0.15, 0.2) is 0 Å². The van der Waals surface area contributed by atoms with Crippen LogP contribution in [0.3, 0.4) is 0 Å². The smallest absolute Gasteiger partial charge is 0.331 e. The molecule has 0 atom stereocenters. The van der Waals surface area contributed by atoms with Crippen LogP contribution in [0.5, 0.6) is 0 Å². The van der Waals surface area contributed by atoms with Crippen LogP contribution in [0.4, 0.5) is 10.5 Å². The Kier molecular flexibility index (Phi) is 4.09. The monoisotopic (exact) mass is 236 g/mol. The maximum absolute atomic E-state index is 11.6. The fourth-order valence-corrected chi connectivity index (χ4v) is 1.27. The van der Waals surface area contributed by atoms with Gasteiger partial charge in [-0.3, -0.25) is 0 Å². The predicted octanol–water partition coefficient (Wildman–Crippen LogP) is 1.76. The molecule has 17 heavy (non-hydrogen) atoms. The second-order valence-electron chi connectivity index (χ2n) is 4.06. The summed E-state index contributed by atoms with van der Waals surface area (Å²) in [5.41, 5.74) is -0.404. The van der Waals surface area contributed by atoms with E-state index >= 15 is 0 Å². The van der Waals surface area contributed by atoms with Gasteiger partial charge in [-0.05, 0) is 26.0 Å². The summed E-state index contributed by atoms with van der Waals surface area (Å²) in [4.78, 5) is 23.0. The van der Waals surface area contributed by atoms with Crippen LogP contribution in [0.25, 0.3) is 0 Å². The van der Waals surface area contributed by atoms with Crippen LogP contribution < -0.4 is 10.6 Å². The van der Waals surface area contributed by atoms with Crippen LogP contribution in [0.15, 0.2) is 30.3 Å². The van der Waals surface area contributed by atoms with Crippen molar-refractivity contribution in [3.63, 3.8) is 0 Å². The van der Waals surface area contributed by atoms with Crippen molar-refractivity contribution >= 4 is 17.7 Å². The zero-order valence-corrected chi connectivity index (χ0v) is 10.1. The summed E-state index contributed by atoms with van der Waals surface area (Å²) in [6, 6.07) is 8.52. The SMILES string of the molecule is COC(=O)C(C)(C)NC(=O)Nc1ccccc1. The molecule has 2 amide bonds. The highest BCUT2D eigenvalue weighted by Crippen LogP contribution is 2.07. The molecule has 0 aromatic heterocycles. The van der Waals surface area contributed by atoms with E-state index < -0.39 is 17.5 Å². The molecule has 1 aromatic carbocycles. The van der Waals surface area contributed by atoms with Crippen molar-refractivity contribution < 1.29 is 14.3 Å². The average molecular weight is 236 g/mol. The normalized spacial score (nSPS) is 10.5. The van der Waals surface area contributed by atoms with E-state index in [2.05, 4.69) is 15.4 Å². The Hall–Kier alpha value is -2.04. The van der Waals surface area contributed by atoms with Gasteiger partial charge in [0.25, 0.3) is 0 Å². The Balaban J connectivity index is 2.59. The molecule has 5 nitrogen and oxygen atoms in total. The molecule has 0 aliphatic carbocycles. The van der Waals surface area contributed by atoms with Crippen LogP contribution in [-0.4, -0.2) is 24.6 Å². The number of esters is 1. The van der Waals surface area contributed by atoms with E-state index in [4.69, 9.17) is 0 Å². The van der Waals surface area contributed by atoms with Crippen molar-refractivity contribution in [2.75, 3.05) is 12.4 Å². The number of urea groups is 1. The quantitative estimate of drug-likeness (QED) is 0.786. The van der Waals surface area contributed by atoms with Gasteiger partial charge in [0, 0.05) is 5.69 Å². The van der Waals surface area contributed by atoms with Crippen molar-refractivity contribution in [2.24, 2.45) is 0 Å². The lowest BCUT2D eigenvalue weighted by Gasteiger charge is -2.23. The van der Waals surface area contributed by atoms with Gasteiger partial charge in [0.2, 0.25) is 0 Å². The largest absolute Gasteiger partial charge is 0.467 e. The minimum absolute atomic E-state index is 0.452. The van der Waals surface area contributed by atoms with Crippen molar-refractivity contribution in [2.45, 2.75) is 19.4 Å². The van der Waals surface area contributed by atoms with E-state index in [1.165, 1.54) is 7.11 Å². The van der Waals surface area contributed by atoms with E-state index in [9.17, 15) is 9.59 Å². The predicted molar refractivity (Wildman–Crippen MR) is 64.7 cm³/mol. The van der Waals surface area contributed by atoms with Crippen molar-refractivity contribution in [1.29, 1.82) is 0 Å². The molecule has 0 saturated heterocycles. The van der Waals surface area contributed by atoms with Gasteiger partial charge >= 0.3 is 12.0 Å². The minimum atomic E-state index is -1.06. The molecule has 0 radical (unpaired) electrons. The lowest BCUT2D eigenvalue weighted by Crippen LogP contribution is -2.51. The van der Waals surface area contributed by atoms with Gasteiger partial charge in [-0.2, -0.15) is 0 Å². The molecular weight excluding hydrogens is 220 g/mol. The molecule has 0 spiro atoms. The summed E-state index contributed by atoms with van der Waals surface area (Å²) in [6.07, 6.45) is 0. The highest BCUT2D eigenvalue weighted by atomic mass is 16.5. The number of rotatable bonds is 3. The molecule has 1 aromatic rings. The van der Waals surface area contributed by atoms with Gasteiger partial charge in [-0.25, -0.2) is 9.59 Å². The average Bonchev–Trinajstić information content (AvgIpc) is 2.28. The summed E-state index contributed by atoms with van der Waals surface area (Å²) in [7, 11) is 1.28. The van der Waals surface area contributed by atoms with E-state index in [0.29, 0.717) is 5.69 Å². The number of carbonyl (C=O) groups excluding carboxylic acids is 2. The summed E-state index contributed by atoms with van der Waals surface area (Å²) in [6.45, 7) is 3.15. The van der Waals surface area contributed by atoms with Crippen LogP contribution in [0.2, 0.25) is 0 Å². The fraction of sp³-hybridized carbons (Fsp3) is 0.333. The van der Waals surface area contributed by atoms with Crippen LogP contribution in [-0.2, 0) is 9.53 Å². The maximum atomic E-state index is 11.6. The molecule has 92 valence electrons. The van der Waals surface area contributed by atoms with Gasteiger partial charge < -0.3 is 15.4 Å². The lowest BCUT2D eigenvalue weighted by atomic mass is 10.1. The number of ether oxygens (including phenoxy) is 1. The Bertz CT molecular complexity index is 401. The van der Waals surface area contributed by atoms with E-state index in [1.807, 2.05) is 6.07 Å². The second kappa shape index (κ2) is 5.34. The third-order valence-electron chi connectivity index (χ3n) is 2.15. The maximum Gasteiger partial charge on any atom is 0.331 e. The molecule has 0 saturated carbocycles. The summed E-state index contributed by atoms with van der Waals surface area (Å²) >= 11 is 0. The summed E-state index contributed by atoms with van der Waals surface area (Å²) < 4.78 is 4.58. The molecule has 1 rings (SSSR count). The number of methoxy groups -OCH3 is 1. The van der Waals surface area contributed by atoms with Gasteiger partial charge in [-0.1, -0.05) is 18.2 Å². The van der Waals surface area contributed by atoms with Gasteiger partial charge in [0.05, 0.1) is 7.11 Å². The van der Waals surface area contributed by atoms with Gasteiger partial charge in [-0.15, -0.1) is 0 Å². The summed E-state index contributed by atoms with van der Waals surface area (Å²) in [5, 5.41) is 5.15. The van der Waals surface area contributed by atoms with E-state index in [-0.39, 0.29) is 0 Å². The first-order chi connectivity index (χ1) is 7.95. The second-order valence-corrected chi connectivity index (χ2v) is 4.06. The number of benzene rings is 1. The molecule has 0 unspecified atom stereocenters. The number of nitrogens with one attached hydrogen (secondary N) is 2. The number of para-hydroxylation sites is 1.